The van der Waals surface area contributed by atoms with Gasteiger partial charge in [0.05, 0.1) is 0 Å². The molecule has 120 valence electrons. The second kappa shape index (κ2) is 5.42. The zero-order valence-corrected chi connectivity index (χ0v) is 14.2. The zero-order chi connectivity index (χ0) is 16.1. The van der Waals surface area contributed by atoms with Gasteiger partial charge < -0.3 is 14.7 Å². The molecule has 2 heterocycles. The topological polar surface area (TPSA) is 81.8 Å². The molecule has 1 spiro atoms. The summed E-state index contributed by atoms with van der Waals surface area (Å²) < 4.78 is 6.22. The van der Waals surface area contributed by atoms with Gasteiger partial charge >= 0.3 is 0 Å². The van der Waals surface area contributed by atoms with Crippen LogP contribution >= 0.6 is 21.6 Å². The molecule has 0 radical (unpaired) electrons. The Labute approximate surface area is 136 Å². The number of benzene rings is 1. The van der Waals surface area contributed by atoms with E-state index in [9.17, 15) is 15.2 Å². The molecule has 2 unspecified atom stereocenters. The van der Waals surface area contributed by atoms with Crippen LogP contribution in [0.1, 0.15) is 22.3 Å². The molecule has 3 rings (SSSR count). The van der Waals surface area contributed by atoms with Gasteiger partial charge in [-0.1, -0.05) is 21.6 Å². The molecule has 2 aliphatic rings. The summed E-state index contributed by atoms with van der Waals surface area (Å²) in [6, 6.07) is 0. The van der Waals surface area contributed by atoms with Crippen molar-refractivity contribution in [2.24, 2.45) is 0 Å². The molecule has 2 atom stereocenters. The first-order valence-corrected chi connectivity index (χ1v) is 9.40. The van der Waals surface area contributed by atoms with Crippen LogP contribution in [0.5, 0.6) is 11.5 Å². The Balaban J connectivity index is 2.03. The fourth-order valence-corrected chi connectivity index (χ4v) is 5.77. The highest BCUT2D eigenvalue weighted by Gasteiger charge is 2.51. The van der Waals surface area contributed by atoms with Crippen molar-refractivity contribution in [3.05, 3.63) is 32.4 Å². The molecule has 0 aromatic heterocycles. The van der Waals surface area contributed by atoms with Crippen LogP contribution in [-0.4, -0.2) is 33.4 Å². The summed E-state index contributed by atoms with van der Waals surface area (Å²) >= 11 is 0. The SMILES string of the molecule is Cc1c(C)c2c(c(C)c1O)CC1(CSSCC1O[N+](=O)[O-])O2. The van der Waals surface area contributed by atoms with Gasteiger partial charge in [-0.05, 0) is 37.5 Å². The monoisotopic (exact) mass is 343 g/mol. The smallest absolute Gasteiger partial charge is 0.294 e. The number of hydrogen-bond donors (Lipinski definition) is 1. The van der Waals surface area contributed by atoms with Crippen molar-refractivity contribution in [3.63, 3.8) is 0 Å². The summed E-state index contributed by atoms with van der Waals surface area (Å²) in [4.78, 5) is 15.7. The van der Waals surface area contributed by atoms with Crippen LogP contribution in [0.3, 0.4) is 0 Å². The highest BCUT2D eigenvalue weighted by atomic mass is 33.1. The van der Waals surface area contributed by atoms with Crippen LogP contribution in [0, 0.1) is 30.9 Å². The summed E-state index contributed by atoms with van der Waals surface area (Å²) in [5, 5.41) is 20.3. The van der Waals surface area contributed by atoms with Crippen LogP contribution in [0.4, 0.5) is 0 Å². The van der Waals surface area contributed by atoms with E-state index >= 15 is 0 Å². The lowest BCUT2D eigenvalue weighted by atomic mass is 9.90. The number of ether oxygens (including phenoxy) is 1. The van der Waals surface area contributed by atoms with Gasteiger partial charge in [0.25, 0.3) is 5.09 Å². The van der Waals surface area contributed by atoms with Crippen LogP contribution in [-0.2, 0) is 11.3 Å². The Kier molecular flexibility index (Phi) is 3.84. The lowest BCUT2D eigenvalue weighted by Gasteiger charge is -2.37. The molecular formula is C14H17NO5S2. The lowest BCUT2D eigenvalue weighted by Crippen LogP contribution is -2.54. The summed E-state index contributed by atoms with van der Waals surface area (Å²) in [7, 11) is 3.20. The van der Waals surface area contributed by atoms with E-state index in [2.05, 4.69) is 0 Å². The summed E-state index contributed by atoms with van der Waals surface area (Å²) in [6.07, 6.45) is -0.0862. The van der Waals surface area contributed by atoms with E-state index in [4.69, 9.17) is 9.57 Å². The van der Waals surface area contributed by atoms with Crippen LogP contribution < -0.4 is 4.74 Å². The van der Waals surface area contributed by atoms with E-state index in [0.717, 1.165) is 28.0 Å². The first kappa shape index (κ1) is 15.6. The van der Waals surface area contributed by atoms with Gasteiger partial charge in [0.15, 0.2) is 11.7 Å². The molecule has 22 heavy (non-hydrogen) atoms. The van der Waals surface area contributed by atoms with E-state index in [1.807, 2.05) is 20.8 Å². The number of fused-ring (bicyclic) bond motifs is 1. The number of rotatable bonds is 2. The third kappa shape index (κ3) is 2.28. The Bertz CT molecular complexity index is 612. The minimum atomic E-state index is -0.738. The van der Waals surface area contributed by atoms with E-state index in [0.29, 0.717) is 17.9 Å². The zero-order valence-electron chi connectivity index (χ0n) is 12.5. The highest BCUT2D eigenvalue weighted by Crippen LogP contribution is 2.50. The van der Waals surface area contributed by atoms with Gasteiger partial charge in [-0.2, -0.15) is 0 Å². The maximum atomic E-state index is 10.8. The quantitative estimate of drug-likeness (QED) is 0.502. The lowest BCUT2D eigenvalue weighted by molar-refractivity contribution is -0.770. The molecule has 1 N–H and O–H groups in total. The van der Waals surface area contributed by atoms with Gasteiger partial charge in [-0.25, -0.2) is 0 Å². The summed E-state index contributed by atoms with van der Waals surface area (Å²) in [6.45, 7) is 5.61. The summed E-state index contributed by atoms with van der Waals surface area (Å²) in [5.74, 6) is 2.14. The maximum Gasteiger partial charge on any atom is 0.294 e. The molecule has 0 amide bonds. The molecule has 1 aromatic carbocycles. The fraction of sp³-hybridized carbons (Fsp3) is 0.571. The summed E-state index contributed by atoms with van der Waals surface area (Å²) in [5.41, 5.74) is 2.67. The fourth-order valence-electron chi connectivity index (χ4n) is 3.04. The van der Waals surface area contributed by atoms with Gasteiger partial charge in [-0.3, -0.25) is 0 Å². The van der Waals surface area contributed by atoms with E-state index in [-0.39, 0.29) is 5.75 Å². The first-order valence-electron chi connectivity index (χ1n) is 6.92. The van der Waals surface area contributed by atoms with E-state index < -0.39 is 16.8 Å². The molecule has 1 fully saturated rings. The molecule has 0 bridgehead atoms. The predicted molar refractivity (Wildman–Crippen MR) is 86.2 cm³/mol. The highest BCUT2D eigenvalue weighted by molar-refractivity contribution is 8.76. The van der Waals surface area contributed by atoms with Crippen LogP contribution in [0.25, 0.3) is 0 Å². The third-order valence-corrected chi connectivity index (χ3v) is 7.00. The first-order chi connectivity index (χ1) is 10.4. The normalized spacial score (nSPS) is 26.6. The molecule has 1 saturated heterocycles. The molecule has 6 nitrogen and oxygen atoms in total. The van der Waals surface area contributed by atoms with Crippen molar-refractivity contribution in [3.8, 4) is 11.5 Å². The number of nitrogens with zero attached hydrogens (tertiary/aromatic N) is 1. The van der Waals surface area contributed by atoms with Crippen molar-refractivity contribution < 1.29 is 19.8 Å². The van der Waals surface area contributed by atoms with Crippen molar-refractivity contribution in [2.75, 3.05) is 11.5 Å². The average molecular weight is 343 g/mol. The molecule has 1 aromatic rings. The van der Waals surface area contributed by atoms with Gasteiger partial charge in [0.1, 0.15) is 11.5 Å². The van der Waals surface area contributed by atoms with Crippen molar-refractivity contribution in [1.82, 2.24) is 0 Å². The molecule has 0 aliphatic carbocycles. The van der Waals surface area contributed by atoms with Gasteiger partial charge in [-0.15, -0.1) is 10.1 Å². The van der Waals surface area contributed by atoms with E-state index in [1.165, 1.54) is 0 Å². The number of phenolic OH excluding ortho intramolecular Hbond substituents is 1. The molecule has 0 saturated carbocycles. The van der Waals surface area contributed by atoms with E-state index in [1.54, 1.807) is 21.6 Å². The minimum Gasteiger partial charge on any atom is -0.507 e. The van der Waals surface area contributed by atoms with Crippen LogP contribution in [0.2, 0.25) is 0 Å². The van der Waals surface area contributed by atoms with Crippen molar-refractivity contribution >= 4 is 21.6 Å². The molecule has 8 heteroatoms. The third-order valence-electron chi connectivity index (χ3n) is 4.53. The Hall–Kier alpha value is -1.28. The minimum absolute atomic E-state index is 0.279. The van der Waals surface area contributed by atoms with Gasteiger partial charge in [0.2, 0.25) is 0 Å². The van der Waals surface area contributed by atoms with Crippen molar-refractivity contribution in [2.45, 2.75) is 38.9 Å². The second-order valence-corrected chi connectivity index (χ2v) is 8.25. The number of aromatic hydroxyl groups is 1. The van der Waals surface area contributed by atoms with Gasteiger partial charge in [0, 0.05) is 23.5 Å². The Morgan fingerprint density at radius 1 is 1.32 bits per heavy atom. The van der Waals surface area contributed by atoms with Crippen molar-refractivity contribution in [1.29, 1.82) is 0 Å². The maximum absolute atomic E-state index is 10.8. The Morgan fingerprint density at radius 3 is 2.73 bits per heavy atom. The largest absolute Gasteiger partial charge is 0.507 e. The molecule has 2 aliphatic heterocycles. The Morgan fingerprint density at radius 2 is 2.05 bits per heavy atom. The molecular weight excluding hydrogens is 326 g/mol. The average Bonchev–Trinajstić information content (AvgIpc) is 2.86. The van der Waals surface area contributed by atoms with Crippen LogP contribution in [0.15, 0.2) is 0 Å². The number of phenols is 1. The number of hydrogen-bond acceptors (Lipinski definition) is 7. The predicted octanol–water partition coefficient (Wildman–Crippen LogP) is 2.96. The standard InChI is InChI=1S/C14H17NO5S2/c1-7-8(2)13-10(9(3)12(7)16)4-14(19-13)6-22-21-5-11(14)20-15(17)18/h11,16H,4-6H2,1-3H3. The second-order valence-electron chi connectivity index (χ2n) is 5.74.